The molecule has 8 heteroatoms. The van der Waals surface area contributed by atoms with Gasteiger partial charge in [0.1, 0.15) is 29.7 Å². The van der Waals surface area contributed by atoms with Gasteiger partial charge in [-0.3, -0.25) is 4.79 Å². The van der Waals surface area contributed by atoms with E-state index in [0.29, 0.717) is 29.7 Å². The van der Waals surface area contributed by atoms with E-state index < -0.39 is 18.0 Å². The first-order chi connectivity index (χ1) is 16.2. The van der Waals surface area contributed by atoms with E-state index in [2.05, 4.69) is 5.32 Å². The van der Waals surface area contributed by atoms with Crippen LogP contribution in [0.15, 0.2) is 42.0 Å². The minimum atomic E-state index is -1.09. The van der Waals surface area contributed by atoms with E-state index in [1.165, 1.54) is 7.11 Å². The summed E-state index contributed by atoms with van der Waals surface area (Å²) in [6.07, 6.45) is 2.90. The van der Waals surface area contributed by atoms with Gasteiger partial charge in [-0.15, -0.1) is 0 Å². The van der Waals surface area contributed by atoms with Crippen molar-refractivity contribution in [2.24, 2.45) is 0 Å². The van der Waals surface area contributed by atoms with Gasteiger partial charge >= 0.3 is 11.9 Å². The molecule has 34 heavy (non-hydrogen) atoms. The lowest BCUT2D eigenvalue weighted by Gasteiger charge is -2.16. The van der Waals surface area contributed by atoms with Crippen LogP contribution in [0.4, 0.5) is 0 Å². The zero-order chi connectivity index (χ0) is 24.8. The molecule has 2 aromatic carbocycles. The Morgan fingerprint density at radius 3 is 2.59 bits per heavy atom. The number of carbonyl (C=O) groups is 3. The fourth-order valence-corrected chi connectivity index (χ4v) is 4.03. The van der Waals surface area contributed by atoms with Crippen LogP contribution in [0.25, 0.3) is 0 Å². The van der Waals surface area contributed by atoms with Crippen LogP contribution in [0, 0.1) is 6.92 Å². The SMILES string of the molecule is COc1c(C)c2c(c(O)c1C/C=C(\C)CCC(=O)N[C@H](Cc1ccccc1)C(=O)O)C(=O)OC2. The quantitative estimate of drug-likeness (QED) is 0.361. The normalized spacial score (nSPS) is 13.7. The maximum Gasteiger partial charge on any atom is 0.342 e. The van der Waals surface area contributed by atoms with Gasteiger partial charge in [-0.05, 0) is 37.8 Å². The molecule has 3 N–H and O–H groups in total. The van der Waals surface area contributed by atoms with Crippen molar-refractivity contribution in [3.8, 4) is 11.5 Å². The highest BCUT2D eigenvalue weighted by atomic mass is 16.5. The average Bonchev–Trinajstić information content (AvgIpc) is 3.21. The number of fused-ring (bicyclic) bond motifs is 1. The summed E-state index contributed by atoms with van der Waals surface area (Å²) < 4.78 is 10.5. The average molecular weight is 468 g/mol. The number of benzene rings is 2. The Hall–Kier alpha value is -3.81. The predicted molar refractivity (Wildman–Crippen MR) is 125 cm³/mol. The predicted octanol–water partition coefficient (Wildman–Crippen LogP) is 3.46. The Morgan fingerprint density at radius 1 is 1.24 bits per heavy atom. The number of carboxylic acids is 1. The number of aromatic hydroxyl groups is 1. The highest BCUT2D eigenvalue weighted by Crippen LogP contribution is 2.42. The molecule has 2 aromatic rings. The molecule has 0 saturated carbocycles. The smallest absolute Gasteiger partial charge is 0.342 e. The number of hydrogen-bond donors (Lipinski definition) is 3. The molecule has 1 aliphatic rings. The molecule has 8 nitrogen and oxygen atoms in total. The number of carboxylic acid groups (broad SMARTS) is 1. The number of allylic oxidation sites excluding steroid dienone is 2. The number of ether oxygens (including phenoxy) is 2. The molecule has 0 spiro atoms. The third kappa shape index (κ3) is 5.57. The first kappa shape index (κ1) is 24.8. The van der Waals surface area contributed by atoms with Crippen molar-refractivity contribution in [1.29, 1.82) is 0 Å². The molecule has 0 radical (unpaired) electrons. The summed E-state index contributed by atoms with van der Waals surface area (Å²) in [4.78, 5) is 36.0. The number of methoxy groups -OCH3 is 1. The Balaban J connectivity index is 1.63. The zero-order valence-electron chi connectivity index (χ0n) is 19.5. The topological polar surface area (TPSA) is 122 Å². The zero-order valence-corrected chi connectivity index (χ0v) is 19.5. The van der Waals surface area contributed by atoms with Gasteiger partial charge in [0.2, 0.25) is 5.91 Å². The van der Waals surface area contributed by atoms with Crippen LogP contribution < -0.4 is 10.1 Å². The van der Waals surface area contributed by atoms with E-state index in [1.807, 2.05) is 50.3 Å². The molecule has 0 fully saturated rings. The van der Waals surface area contributed by atoms with E-state index >= 15 is 0 Å². The van der Waals surface area contributed by atoms with E-state index in [1.54, 1.807) is 0 Å². The third-order valence-corrected chi connectivity index (χ3v) is 5.96. The highest BCUT2D eigenvalue weighted by Gasteiger charge is 2.31. The Bertz CT molecular complexity index is 1120. The summed E-state index contributed by atoms with van der Waals surface area (Å²) in [5, 5.41) is 22.7. The number of esters is 1. The van der Waals surface area contributed by atoms with Crippen molar-refractivity contribution in [2.75, 3.05) is 7.11 Å². The van der Waals surface area contributed by atoms with Crippen LogP contribution in [0.2, 0.25) is 0 Å². The number of phenolic OH excluding ortho intramolecular Hbond substituents is 1. The molecular formula is C26H29NO7. The fraction of sp³-hybridized carbons (Fsp3) is 0.346. The number of hydrogen-bond acceptors (Lipinski definition) is 6. The number of aliphatic carboxylic acids is 1. The molecule has 1 aliphatic heterocycles. The van der Waals surface area contributed by atoms with Gasteiger partial charge in [0, 0.05) is 24.0 Å². The standard InChI is InChI=1S/C26H29NO7/c1-15(10-12-21(28)27-20(25(30)31)13-17-7-5-4-6-8-17)9-11-18-23(29)22-19(14-34-26(22)32)16(2)24(18)33-3/h4-9,20,29H,10-14H2,1-3H3,(H,27,28)(H,30,31)/b15-9+/t20-/m1/s1. The van der Waals surface area contributed by atoms with Gasteiger partial charge in [0.25, 0.3) is 0 Å². The van der Waals surface area contributed by atoms with Gasteiger partial charge in [0.05, 0.1) is 7.11 Å². The minimum Gasteiger partial charge on any atom is -0.507 e. The summed E-state index contributed by atoms with van der Waals surface area (Å²) in [5.74, 6) is -1.64. The molecule has 0 bridgehead atoms. The van der Waals surface area contributed by atoms with Crippen molar-refractivity contribution in [1.82, 2.24) is 5.32 Å². The van der Waals surface area contributed by atoms with Crippen molar-refractivity contribution >= 4 is 17.8 Å². The third-order valence-electron chi connectivity index (χ3n) is 5.96. The molecule has 180 valence electrons. The largest absolute Gasteiger partial charge is 0.507 e. The van der Waals surface area contributed by atoms with Crippen molar-refractivity contribution in [3.63, 3.8) is 0 Å². The number of phenols is 1. The molecule has 3 rings (SSSR count). The Morgan fingerprint density at radius 2 is 1.94 bits per heavy atom. The van der Waals surface area contributed by atoms with Gasteiger partial charge in [-0.2, -0.15) is 0 Å². The monoisotopic (exact) mass is 467 g/mol. The summed E-state index contributed by atoms with van der Waals surface area (Å²) in [6, 6.07) is 8.12. The summed E-state index contributed by atoms with van der Waals surface area (Å²) in [6.45, 7) is 3.78. The van der Waals surface area contributed by atoms with Gasteiger partial charge in [-0.25, -0.2) is 9.59 Å². The number of amides is 1. The molecule has 0 saturated heterocycles. The maximum atomic E-state index is 12.4. The van der Waals surface area contributed by atoms with Gasteiger partial charge in [0.15, 0.2) is 0 Å². The van der Waals surface area contributed by atoms with Crippen LogP contribution in [0.1, 0.15) is 52.4 Å². The molecule has 1 atom stereocenters. The molecule has 0 aliphatic carbocycles. The Kier molecular flexibility index (Phi) is 7.94. The summed E-state index contributed by atoms with van der Waals surface area (Å²) in [7, 11) is 1.50. The second kappa shape index (κ2) is 10.9. The number of carbonyl (C=O) groups excluding carboxylic acids is 2. The minimum absolute atomic E-state index is 0.107. The van der Waals surface area contributed by atoms with Crippen molar-refractivity contribution < 1.29 is 34.1 Å². The lowest BCUT2D eigenvalue weighted by molar-refractivity contribution is -0.141. The maximum absolute atomic E-state index is 12.4. The molecule has 0 aromatic heterocycles. The molecular weight excluding hydrogens is 438 g/mol. The van der Waals surface area contributed by atoms with Crippen molar-refractivity contribution in [3.05, 3.63) is 69.8 Å². The molecule has 1 heterocycles. The fourth-order valence-electron chi connectivity index (χ4n) is 4.03. The number of nitrogens with one attached hydrogen (secondary N) is 1. The number of cyclic esters (lactones) is 1. The lowest BCUT2D eigenvalue weighted by atomic mass is 9.94. The van der Waals surface area contributed by atoms with Crippen LogP contribution >= 0.6 is 0 Å². The van der Waals surface area contributed by atoms with Crippen LogP contribution in [-0.4, -0.2) is 41.2 Å². The lowest BCUT2D eigenvalue weighted by Crippen LogP contribution is -2.42. The van der Waals surface area contributed by atoms with Crippen LogP contribution in [0.5, 0.6) is 11.5 Å². The second-order valence-corrected chi connectivity index (χ2v) is 8.32. The van der Waals surface area contributed by atoms with Crippen LogP contribution in [-0.2, 0) is 33.8 Å². The van der Waals surface area contributed by atoms with E-state index in [0.717, 1.165) is 16.7 Å². The van der Waals surface area contributed by atoms with Crippen LogP contribution in [0.3, 0.4) is 0 Å². The Labute approximate surface area is 198 Å². The van der Waals surface area contributed by atoms with Gasteiger partial charge < -0.3 is 25.0 Å². The highest BCUT2D eigenvalue weighted by molar-refractivity contribution is 5.98. The van der Waals surface area contributed by atoms with Crippen molar-refractivity contribution in [2.45, 2.75) is 52.2 Å². The van der Waals surface area contributed by atoms with E-state index in [-0.39, 0.29) is 36.7 Å². The van der Waals surface area contributed by atoms with E-state index in [9.17, 15) is 24.6 Å². The van der Waals surface area contributed by atoms with E-state index in [4.69, 9.17) is 9.47 Å². The summed E-state index contributed by atoms with van der Waals surface area (Å²) in [5.41, 5.74) is 3.75. The molecule has 0 unspecified atom stereocenters. The first-order valence-electron chi connectivity index (χ1n) is 11.0. The summed E-state index contributed by atoms with van der Waals surface area (Å²) >= 11 is 0. The van der Waals surface area contributed by atoms with Gasteiger partial charge in [-0.1, -0.05) is 42.0 Å². The first-order valence-corrected chi connectivity index (χ1v) is 11.0. The number of rotatable bonds is 10. The molecule has 1 amide bonds. The second-order valence-electron chi connectivity index (χ2n) is 8.32.